The molecule has 1 aliphatic heterocycles. The first kappa shape index (κ1) is 16.2. The van der Waals surface area contributed by atoms with Gasteiger partial charge in [0.15, 0.2) is 0 Å². The fraction of sp³-hybridized carbons (Fsp3) is 0.688. The molecule has 1 saturated heterocycles. The van der Waals surface area contributed by atoms with Crippen molar-refractivity contribution in [1.82, 2.24) is 20.2 Å². The highest BCUT2D eigenvalue weighted by Crippen LogP contribution is 2.13. The van der Waals surface area contributed by atoms with Crippen molar-refractivity contribution in [2.24, 2.45) is 0 Å². The molecule has 2 atom stereocenters. The maximum atomic E-state index is 4.34. The van der Waals surface area contributed by atoms with Gasteiger partial charge in [0.2, 0.25) is 5.95 Å². The zero-order valence-corrected chi connectivity index (χ0v) is 13.3. The van der Waals surface area contributed by atoms with Crippen LogP contribution < -0.4 is 10.2 Å². The number of aromatic nitrogens is 2. The van der Waals surface area contributed by atoms with Crippen molar-refractivity contribution < 1.29 is 0 Å². The maximum absolute atomic E-state index is 4.34. The van der Waals surface area contributed by atoms with E-state index in [2.05, 4.69) is 45.9 Å². The lowest BCUT2D eigenvalue weighted by Crippen LogP contribution is -2.56. The van der Waals surface area contributed by atoms with E-state index in [0.29, 0.717) is 12.2 Å². The minimum Gasteiger partial charge on any atom is -0.338 e. The second kappa shape index (κ2) is 8.29. The van der Waals surface area contributed by atoms with Crippen LogP contribution in [0, 0.1) is 6.92 Å². The van der Waals surface area contributed by atoms with Gasteiger partial charge in [0.25, 0.3) is 0 Å². The minimum absolute atomic E-state index is 0.441. The summed E-state index contributed by atoms with van der Waals surface area (Å²) in [6.45, 7) is 12.6. The summed E-state index contributed by atoms with van der Waals surface area (Å²) in [4.78, 5) is 13.5. The van der Waals surface area contributed by atoms with E-state index in [0.717, 1.165) is 51.4 Å². The van der Waals surface area contributed by atoms with Gasteiger partial charge in [-0.05, 0) is 25.8 Å². The summed E-state index contributed by atoms with van der Waals surface area (Å²) < 4.78 is 0. The molecule has 117 valence electrons. The molecule has 2 heterocycles. The monoisotopic (exact) mass is 290 g/mol. The van der Waals surface area contributed by atoms with Gasteiger partial charge in [0.1, 0.15) is 0 Å². The number of hydrogen-bond donors (Lipinski definition) is 1. The Kier molecular flexibility index (Phi) is 6.39. The predicted octanol–water partition coefficient (Wildman–Crippen LogP) is 1.93. The Morgan fingerprint density at radius 1 is 1.24 bits per heavy atom. The molecular formula is C16H28N5. The Morgan fingerprint density at radius 3 is 2.48 bits per heavy atom. The zero-order chi connectivity index (χ0) is 15.1. The lowest BCUT2D eigenvalue weighted by molar-refractivity contribution is 0.136. The molecule has 0 amide bonds. The lowest BCUT2D eigenvalue weighted by Gasteiger charge is -2.40. The van der Waals surface area contributed by atoms with Crippen molar-refractivity contribution in [2.75, 3.05) is 31.1 Å². The summed E-state index contributed by atoms with van der Waals surface area (Å²) in [6.07, 6.45) is 7.29. The molecule has 5 heteroatoms. The fourth-order valence-corrected chi connectivity index (χ4v) is 2.70. The Bertz CT molecular complexity index is 389. The van der Waals surface area contributed by atoms with Gasteiger partial charge in [-0.1, -0.05) is 20.3 Å². The number of hydrogen-bond acceptors (Lipinski definition) is 5. The third-order valence-corrected chi connectivity index (χ3v) is 4.16. The van der Waals surface area contributed by atoms with Crippen LogP contribution in [0.5, 0.6) is 0 Å². The van der Waals surface area contributed by atoms with Gasteiger partial charge in [-0.25, -0.2) is 9.97 Å². The second-order valence-electron chi connectivity index (χ2n) is 5.71. The SMILES string of the molecule is [CH2]CCC(NC(C)CC)N1CCN(c2ncccn2)CC1. The average molecular weight is 290 g/mol. The lowest BCUT2D eigenvalue weighted by atomic mass is 10.1. The summed E-state index contributed by atoms with van der Waals surface area (Å²) in [5.41, 5.74) is 0. The predicted molar refractivity (Wildman–Crippen MR) is 87.1 cm³/mol. The highest BCUT2D eigenvalue weighted by atomic mass is 15.4. The highest BCUT2D eigenvalue weighted by molar-refractivity contribution is 5.29. The van der Waals surface area contributed by atoms with Crippen molar-refractivity contribution in [3.63, 3.8) is 0 Å². The number of piperazine rings is 1. The Hall–Kier alpha value is -1.20. The van der Waals surface area contributed by atoms with E-state index in [9.17, 15) is 0 Å². The van der Waals surface area contributed by atoms with Crippen LogP contribution in [0.3, 0.4) is 0 Å². The van der Waals surface area contributed by atoms with E-state index in [1.165, 1.54) is 0 Å². The molecule has 1 N–H and O–H groups in total. The Balaban J connectivity index is 1.88. The van der Waals surface area contributed by atoms with E-state index >= 15 is 0 Å². The van der Waals surface area contributed by atoms with Gasteiger partial charge in [-0.2, -0.15) is 0 Å². The third-order valence-electron chi connectivity index (χ3n) is 4.16. The molecule has 2 unspecified atom stereocenters. The quantitative estimate of drug-likeness (QED) is 0.831. The molecule has 5 nitrogen and oxygen atoms in total. The smallest absolute Gasteiger partial charge is 0.225 e. The normalized spacial score (nSPS) is 19.5. The van der Waals surface area contributed by atoms with Gasteiger partial charge >= 0.3 is 0 Å². The van der Waals surface area contributed by atoms with Gasteiger partial charge in [-0.15, -0.1) is 0 Å². The first-order chi connectivity index (χ1) is 10.2. The molecule has 1 aromatic rings. The molecular weight excluding hydrogens is 262 g/mol. The third kappa shape index (κ3) is 4.64. The zero-order valence-electron chi connectivity index (χ0n) is 13.3. The topological polar surface area (TPSA) is 44.3 Å². The molecule has 0 aromatic carbocycles. The van der Waals surface area contributed by atoms with E-state index < -0.39 is 0 Å². The van der Waals surface area contributed by atoms with Crippen molar-refractivity contribution >= 4 is 5.95 Å². The maximum Gasteiger partial charge on any atom is 0.225 e. The van der Waals surface area contributed by atoms with Crippen molar-refractivity contribution in [1.29, 1.82) is 0 Å². The fourth-order valence-electron chi connectivity index (χ4n) is 2.70. The number of anilines is 1. The largest absolute Gasteiger partial charge is 0.338 e. The number of rotatable bonds is 7. The Morgan fingerprint density at radius 2 is 1.90 bits per heavy atom. The number of nitrogens with one attached hydrogen (secondary N) is 1. The van der Waals surface area contributed by atoms with Crippen LogP contribution in [-0.2, 0) is 0 Å². The molecule has 1 aliphatic rings. The molecule has 0 aliphatic carbocycles. The average Bonchev–Trinajstić information content (AvgIpc) is 2.55. The van der Waals surface area contributed by atoms with Crippen molar-refractivity contribution in [2.45, 2.75) is 45.3 Å². The Labute approximate surface area is 128 Å². The van der Waals surface area contributed by atoms with Gasteiger partial charge in [-0.3, -0.25) is 10.2 Å². The van der Waals surface area contributed by atoms with Crippen LogP contribution in [0.25, 0.3) is 0 Å². The standard InChI is InChI=1S/C16H28N5/c1-4-7-15(19-14(3)5-2)20-10-12-21(13-11-20)16-17-8-6-9-18-16/h6,8-9,14-15,19H,1,4-5,7,10-13H2,2-3H3. The van der Waals surface area contributed by atoms with Gasteiger partial charge in [0, 0.05) is 44.6 Å². The summed E-state index contributed by atoms with van der Waals surface area (Å²) in [7, 11) is 0. The van der Waals surface area contributed by atoms with Crippen LogP contribution in [0.2, 0.25) is 0 Å². The van der Waals surface area contributed by atoms with Gasteiger partial charge in [0.05, 0.1) is 6.17 Å². The van der Waals surface area contributed by atoms with Crippen LogP contribution >= 0.6 is 0 Å². The first-order valence-corrected chi connectivity index (χ1v) is 8.06. The molecule has 1 radical (unpaired) electrons. The minimum atomic E-state index is 0.441. The number of nitrogens with zero attached hydrogens (tertiary/aromatic N) is 4. The van der Waals surface area contributed by atoms with E-state index in [1.807, 2.05) is 18.5 Å². The molecule has 0 bridgehead atoms. The van der Waals surface area contributed by atoms with Crippen molar-refractivity contribution in [3.05, 3.63) is 25.4 Å². The first-order valence-electron chi connectivity index (χ1n) is 8.06. The van der Waals surface area contributed by atoms with Crippen LogP contribution in [-0.4, -0.2) is 53.3 Å². The summed E-state index contributed by atoms with van der Waals surface area (Å²) in [6, 6.07) is 2.41. The van der Waals surface area contributed by atoms with Crippen LogP contribution in [0.4, 0.5) is 5.95 Å². The molecule has 2 rings (SSSR count). The van der Waals surface area contributed by atoms with Gasteiger partial charge < -0.3 is 4.90 Å². The van der Waals surface area contributed by atoms with E-state index in [4.69, 9.17) is 0 Å². The molecule has 1 fully saturated rings. The molecule has 21 heavy (non-hydrogen) atoms. The van der Waals surface area contributed by atoms with E-state index in [1.54, 1.807) is 0 Å². The molecule has 0 spiro atoms. The summed E-state index contributed by atoms with van der Waals surface area (Å²) in [5, 5.41) is 3.73. The van der Waals surface area contributed by atoms with Crippen LogP contribution in [0.1, 0.15) is 33.1 Å². The van der Waals surface area contributed by atoms with Crippen LogP contribution in [0.15, 0.2) is 18.5 Å². The summed E-state index contributed by atoms with van der Waals surface area (Å²) >= 11 is 0. The summed E-state index contributed by atoms with van der Waals surface area (Å²) in [5.74, 6) is 0.848. The molecule has 1 aromatic heterocycles. The van der Waals surface area contributed by atoms with E-state index in [-0.39, 0.29) is 0 Å². The molecule has 0 saturated carbocycles. The van der Waals surface area contributed by atoms with Crippen molar-refractivity contribution in [3.8, 4) is 0 Å². The highest BCUT2D eigenvalue weighted by Gasteiger charge is 2.24. The second-order valence-corrected chi connectivity index (χ2v) is 5.71.